The molecule has 8 fully saturated rings. The van der Waals surface area contributed by atoms with Gasteiger partial charge in [-0.25, -0.2) is 0 Å². The third kappa shape index (κ3) is 2.89. The van der Waals surface area contributed by atoms with Crippen molar-refractivity contribution in [2.24, 2.45) is 57.8 Å². The molecule has 8 saturated carbocycles. The van der Waals surface area contributed by atoms with Gasteiger partial charge in [-0.3, -0.25) is 0 Å². The first kappa shape index (κ1) is 18.0. The van der Waals surface area contributed by atoms with E-state index >= 15 is 0 Å². The molecule has 2 atom stereocenters. The Morgan fingerprint density at radius 3 is 0.846 bits per heavy atom. The van der Waals surface area contributed by atoms with Gasteiger partial charge in [-0.05, 0) is 137 Å². The van der Waals surface area contributed by atoms with Gasteiger partial charge in [0.1, 0.15) is 0 Å². The van der Waals surface area contributed by atoms with Crippen molar-refractivity contribution in [1.82, 2.24) is 0 Å². The van der Waals surface area contributed by atoms with Crippen LogP contribution >= 0.6 is 0 Å². The minimum Gasteiger partial charge on any atom is -0.327 e. The lowest BCUT2D eigenvalue weighted by Gasteiger charge is -2.58. The third-order valence-electron chi connectivity index (χ3n) is 10.1. The van der Waals surface area contributed by atoms with Crippen LogP contribution in [0.3, 0.4) is 0 Å². The highest BCUT2D eigenvalue weighted by Gasteiger charge is 2.53. The summed E-state index contributed by atoms with van der Waals surface area (Å²) in [5.41, 5.74) is 13.5. The summed E-state index contributed by atoms with van der Waals surface area (Å²) < 4.78 is 0. The lowest BCUT2D eigenvalue weighted by molar-refractivity contribution is -0.0638. The Morgan fingerprint density at radius 1 is 0.500 bits per heavy atom. The molecule has 8 rings (SSSR count). The average molecular weight is 359 g/mol. The summed E-state index contributed by atoms with van der Waals surface area (Å²) in [5.74, 6) is 6.32. The van der Waals surface area contributed by atoms with Crippen molar-refractivity contribution in [2.45, 2.75) is 103 Å². The molecular weight excluding hydrogens is 316 g/mol. The molecule has 148 valence electrons. The second-order valence-corrected chi connectivity index (χ2v) is 12.1. The summed E-state index contributed by atoms with van der Waals surface area (Å²) >= 11 is 0. The summed E-state index contributed by atoms with van der Waals surface area (Å²) in [6, 6.07) is 0.891. The highest BCUT2D eigenvalue weighted by atomic mass is 14.7. The van der Waals surface area contributed by atoms with Crippen molar-refractivity contribution in [2.75, 3.05) is 0 Å². The van der Waals surface area contributed by atoms with Crippen LogP contribution in [0.25, 0.3) is 0 Å². The van der Waals surface area contributed by atoms with Crippen LogP contribution < -0.4 is 11.5 Å². The summed E-state index contributed by atoms with van der Waals surface area (Å²) in [7, 11) is 0. The molecule has 2 nitrogen and oxygen atoms in total. The molecule has 8 aliphatic rings. The van der Waals surface area contributed by atoms with Crippen molar-refractivity contribution in [3.8, 4) is 0 Å². The van der Waals surface area contributed by atoms with Crippen LogP contribution in [0.4, 0.5) is 0 Å². The van der Waals surface area contributed by atoms with Gasteiger partial charge in [0.15, 0.2) is 0 Å². The fourth-order valence-corrected chi connectivity index (χ4v) is 9.47. The summed E-state index contributed by atoms with van der Waals surface area (Å²) in [6.45, 7) is 4.49. The molecule has 0 spiro atoms. The second-order valence-electron chi connectivity index (χ2n) is 12.1. The molecule has 8 aliphatic carbocycles. The van der Waals surface area contributed by atoms with E-state index in [1.807, 2.05) is 0 Å². The van der Waals surface area contributed by atoms with E-state index in [9.17, 15) is 0 Å². The Morgan fingerprint density at radius 2 is 0.692 bits per heavy atom. The molecule has 0 radical (unpaired) electrons. The molecule has 2 heteroatoms. The second kappa shape index (κ2) is 6.21. The van der Waals surface area contributed by atoms with Gasteiger partial charge in [-0.15, -0.1) is 0 Å². The SMILES string of the molecule is CC(N)C12CC3CC(CC(C3)C1)C2.CC(N)C12CC3CC(CC(C3)C1)C2. The fourth-order valence-electron chi connectivity index (χ4n) is 9.47. The summed E-state index contributed by atoms with van der Waals surface area (Å²) in [6.07, 6.45) is 17.9. The van der Waals surface area contributed by atoms with E-state index in [1.165, 1.54) is 77.0 Å². The quantitative estimate of drug-likeness (QED) is 0.721. The minimum absolute atomic E-state index is 0.445. The zero-order valence-electron chi connectivity index (χ0n) is 17.3. The normalized spacial score (nSPS) is 55.4. The maximum absolute atomic E-state index is 6.19. The van der Waals surface area contributed by atoms with Gasteiger partial charge in [0.2, 0.25) is 0 Å². The molecule has 0 aliphatic heterocycles. The molecular formula is C24H42N2. The van der Waals surface area contributed by atoms with Gasteiger partial charge < -0.3 is 11.5 Å². The number of rotatable bonds is 2. The van der Waals surface area contributed by atoms with E-state index < -0.39 is 0 Å². The highest BCUT2D eigenvalue weighted by Crippen LogP contribution is 2.61. The summed E-state index contributed by atoms with van der Waals surface area (Å²) in [4.78, 5) is 0. The van der Waals surface area contributed by atoms with Crippen molar-refractivity contribution < 1.29 is 0 Å². The van der Waals surface area contributed by atoms with Crippen molar-refractivity contribution in [3.63, 3.8) is 0 Å². The number of hydrogen-bond donors (Lipinski definition) is 2. The Hall–Kier alpha value is -0.0800. The van der Waals surface area contributed by atoms with Crippen LogP contribution in [0.15, 0.2) is 0 Å². The number of hydrogen-bond acceptors (Lipinski definition) is 2. The first-order valence-corrected chi connectivity index (χ1v) is 11.9. The van der Waals surface area contributed by atoms with Gasteiger partial charge in [0.05, 0.1) is 0 Å². The predicted octanol–water partition coefficient (Wildman–Crippen LogP) is 5.10. The van der Waals surface area contributed by atoms with Crippen LogP contribution in [0.1, 0.15) is 90.9 Å². The molecule has 8 bridgehead atoms. The van der Waals surface area contributed by atoms with Gasteiger partial charge >= 0.3 is 0 Å². The largest absolute Gasteiger partial charge is 0.327 e. The fraction of sp³-hybridized carbons (Fsp3) is 1.00. The Balaban J connectivity index is 0.000000115. The molecule has 0 aromatic heterocycles. The third-order valence-corrected chi connectivity index (χ3v) is 10.1. The monoisotopic (exact) mass is 358 g/mol. The average Bonchev–Trinajstić information content (AvgIpc) is 2.52. The maximum atomic E-state index is 6.19. The minimum atomic E-state index is 0.445. The molecule has 0 saturated heterocycles. The molecule has 2 unspecified atom stereocenters. The lowest BCUT2D eigenvalue weighted by atomic mass is 9.48. The number of nitrogens with two attached hydrogens (primary N) is 2. The lowest BCUT2D eigenvalue weighted by Crippen LogP contribution is -2.53. The zero-order chi connectivity index (χ0) is 18.1. The van der Waals surface area contributed by atoms with Crippen LogP contribution in [-0.4, -0.2) is 12.1 Å². The van der Waals surface area contributed by atoms with E-state index in [-0.39, 0.29) is 0 Å². The maximum Gasteiger partial charge on any atom is 0.00673 e. The molecule has 0 heterocycles. The van der Waals surface area contributed by atoms with Crippen molar-refractivity contribution in [1.29, 1.82) is 0 Å². The van der Waals surface area contributed by atoms with E-state index in [1.54, 1.807) is 0 Å². The first-order chi connectivity index (χ1) is 12.4. The van der Waals surface area contributed by atoms with Gasteiger partial charge in [-0.2, -0.15) is 0 Å². The van der Waals surface area contributed by atoms with Gasteiger partial charge in [-0.1, -0.05) is 0 Å². The van der Waals surface area contributed by atoms with Gasteiger partial charge in [0.25, 0.3) is 0 Å². The van der Waals surface area contributed by atoms with Crippen molar-refractivity contribution >= 4 is 0 Å². The standard InChI is InChI=1S/2C12H21N/c2*1-8(13)12-5-9-2-10(6-12)4-11(3-9)7-12/h2*8-11H,2-7,13H2,1H3. The van der Waals surface area contributed by atoms with Crippen LogP contribution in [-0.2, 0) is 0 Å². The molecule has 0 amide bonds. The molecule has 26 heavy (non-hydrogen) atoms. The topological polar surface area (TPSA) is 52.0 Å². The first-order valence-electron chi connectivity index (χ1n) is 11.9. The molecule has 0 aromatic carbocycles. The van der Waals surface area contributed by atoms with E-state index in [0.29, 0.717) is 22.9 Å². The summed E-state index contributed by atoms with van der Waals surface area (Å²) in [5, 5.41) is 0. The smallest absolute Gasteiger partial charge is 0.00673 e. The predicted molar refractivity (Wildman–Crippen MR) is 109 cm³/mol. The van der Waals surface area contributed by atoms with Gasteiger partial charge in [0, 0.05) is 12.1 Å². The Labute approximate surface area is 161 Å². The molecule has 0 aromatic rings. The van der Waals surface area contributed by atoms with Crippen molar-refractivity contribution in [3.05, 3.63) is 0 Å². The van der Waals surface area contributed by atoms with Crippen LogP contribution in [0.2, 0.25) is 0 Å². The van der Waals surface area contributed by atoms with E-state index in [2.05, 4.69) is 13.8 Å². The zero-order valence-corrected chi connectivity index (χ0v) is 17.3. The van der Waals surface area contributed by atoms with E-state index in [4.69, 9.17) is 11.5 Å². The Kier molecular flexibility index (Phi) is 4.29. The highest BCUT2D eigenvalue weighted by molar-refractivity contribution is 5.05. The van der Waals surface area contributed by atoms with Crippen LogP contribution in [0.5, 0.6) is 0 Å². The van der Waals surface area contributed by atoms with E-state index in [0.717, 1.165) is 35.5 Å². The Bertz CT molecular complexity index is 416. The van der Waals surface area contributed by atoms with Crippen LogP contribution in [0, 0.1) is 46.3 Å². The molecule has 4 N–H and O–H groups in total.